The molecular formula is C13H10F3O. The Hall–Kier alpha value is -1.55. The molecule has 2 rings (SSSR count). The third kappa shape index (κ3) is 1.89. The Morgan fingerprint density at radius 1 is 0.941 bits per heavy atom. The van der Waals surface area contributed by atoms with Crippen molar-refractivity contribution in [2.75, 3.05) is 0 Å². The monoisotopic (exact) mass is 239 g/mol. The molecule has 0 amide bonds. The summed E-state index contributed by atoms with van der Waals surface area (Å²) in [6.07, 6.45) is -4.67. The van der Waals surface area contributed by atoms with Gasteiger partial charge in [0.2, 0.25) is 5.67 Å². The average Bonchev–Trinajstić information content (AvgIpc) is 2.26. The van der Waals surface area contributed by atoms with Crippen LogP contribution < -0.4 is 0 Å². The van der Waals surface area contributed by atoms with Crippen LogP contribution in [0, 0.1) is 0 Å². The summed E-state index contributed by atoms with van der Waals surface area (Å²) in [7, 11) is 0. The third-order valence-electron chi connectivity index (χ3n) is 2.84. The summed E-state index contributed by atoms with van der Waals surface area (Å²) in [6.45, 7) is 0.613. The molecule has 0 heterocycles. The molecule has 0 fully saturated rings. The van der Waals surface area contributed by atoms with Gasteiger partial charge >= 0.3 is 6.11 Å². The lowest BCUT2D eigenvalue weighted by Gasteiger charge is -2.25. The zero-order valence-electron chi connectivity index (χ0n) is 9.08. The van der Waals surface area contributed by atoms with Crippen LogP contribution in [0.4, 0.5) is 13.2 Å². The topological polar surface area (TPSA) is 19.9 Å². The lowest BCUT2D eigenvalue weighted by molar-refractivity contribution is -0.315. The summed E-state index contributed by atoms with van der Waals surface area (Å²) in [4.78, 5) is 0. The Kier molecular flexibility index (Phi) is 2.62. The van der Waals surface area contributed by atoms with Crippen LogP contribution in [0.15, 0.2) is 42.5 Å². The smallest absolute Gasteiger partial charge is 0.229 e. The van der Waals surface area contributed by atoms with E-state index in [1.807, 2.05) is 0 Å². The van der Waals surface area contributed by atoms with E-state index in [2.05, 4.69) is 0 Å². The third-order valence-corrected chi connectivity index (χ3v) is 2.84. The summed E-state index contributed by atoms with van der Waals surface area (Å²) in [6, 6.07) is 10.9. The van der Waals surface area contributed by atoms with Crippen LogP contribution in [0.25, 0.3) is 10.8 Å². The van der Waals surface area contributed by atoms with E-state index in [4.69, 9.17) is 0 Å². The summed E-state index contributed by atoms with van der Waals surface area (Å²) < 4.78 is 39.6. The molecule has 2 aromatic rings. The highest BCUT2D eigenvalue weighted by atomic mass is 19.3. The zero-order chi connectivity index (χ0) is 12.7. The van der Waals surface area contributed by atoms with Gasteiger partial charge in [-0.3, -0.25) is 0 Å². The average molecular weight is 239 g/mol. The molecule has 0 aromatic heterocycles. The molecule has 89 valence electrons. The van der Waals surface area contributed by atoms with E-state index in [0.29, 0.717) is 17.7 Å². The van der Waals surface area contributed by atoms with E-state index in [-0.39, 0.29) is 5.56 Å². The highest BCUT2D eigenvalue weighted by Gasteiger charge is 2.53. The Labute approximate surface area is 96.5 Å². The van der Waals surface area contributed by atoms with E-state index in [0.717, 1.165) is 0 Å². The van der Waals surface area contributed by atoms with Gasteiger partial charge in [0.15, 0.2) is 0 Å². The van der Waals surface area contributed by atoms with Gasteiger partial charge in [0, 0.05) is 5.56 Å². The maximum atomic E-state index is 14.0. The number of halogens is 3. The number of fused-ring (bicyclic) bond motifs is 1. The van der Waals surface area contributed by atoms with E-state index in [9.17, 15) is 18.3 Å². The maximum Gasteiger partial charge on any atom is 0.418 e. The van der Waals surface area contributed by atoms with Crippen molar-refractivity contribution in [2.45, 2.75) is 18.7 Å². The molecule has 0 aliphatic heterocycles. The molecule has 2 aromatic carbocycles. The quantitative estimate of drug-likeness (QED) is 0.753. The summed E-state index contributed by atoms with van der Waals surface area (Å²) >= 11 is 0. The van der Waals surface area contributed by atoms with Gasteiger partial charge in [-0.2, -0.15) is 13.9 Å². The van der Waals surface area contributed by atoms with Crippen LogP contribution in [0.3, 0.4) is 0 Å². The van der Waals surface area contributed by atoms with Gasteiger partial charge in [-0.05, 0) is 17.7 Å². The van der Waals surface area contributed by atoms with Crippen molar-refractivity contribution in [3.05, 3.63) is 48.0 Å². The standard InChI is InChI=1S/C13H10F3O/c1-12(14,13(15,16)17)11-8-4-6-9-5-2-3-7-10(9)11/h2-8H,1H3. The first-order chi connectivity index (χ1) is 7.84. The predicted molar refractivity (Wildman–Crippen MR) is 58.0 cm³/mol. The Morgan fingerprint density at radius 2 is 1.53 bits per heavy atom. The number of benzene rings is 2. The van der Waals surface area contributed by atoms with Gasteiger partial charge in [-0.15, -0.1) is 0 Å². The maximum absolute atomic E-state index is 14.0. The van der Waals surface area contributed by atoms with Crippen molar-refractivity contribution in [3.8, 4) is 0 Å². The van der Waals surface area contributed by atoms with Crippen LogP contribution in [0.1, 0.15) is 12.5 Å². The first-order valence-electron chi connectivity index (χ1n) is 5.09. The molecule has 0 saturated heterocycles. The Bertz CT molecular complexity index is 538. The molecule has 1 radical (unpaired) electrons. The number of alkyl halides is 3. The molecule has 1 nitrogen and oxygen atoms in total. The predicted octanol–water partition coefficient (Wildman–Crippen LogP) is 4.05. The fourth-order valence-electron chi connectivity index (χ4n) is 1.79. The van der Waals surface area contributed by atoms with Crippen LogP contribution in [-0.4, -0.2) is 6.11 Å². The number of rotatable bonds is 2. The van der Waals surface area contributed by atoms with Crippen LogP contribution >= 0.6 is 0 Å². The Morgan fingerprint density at radius 3 is 2.18 bits per heavy atom. The van der Waals surface area contributed by atoms with Gasteiger partial charge < -0.3 is 0 Å². The minimum absolute atomic E-state index is 0.282. The van der Waals surface area contributed by atoms with E-state index in [1.54, 1.807) is 24.3 Å². The molecule has 0 N–H and O–H groups in total. The van der Waals surface area contributed by atoms with Gasteiger partial charge in [0.1, 0.15) is 0 Å². The van der Waals surface area contributed by atoms with Crippen LogP contribution in [0.2, 0.25) is 0 Å². The van der Waals surface area contributed by atoms with Gasteiger partial charge in [0.25, 0.3) is 0 Å². The highest BCUT2D eigenvalue weighted by Crippen LogP contribution is 2.42. The van der Waals surface area contributed by atoms with Crippen LogP contribution in [0.5, 0.6) is 0 Å². The van der Waals surface area contributed by atoms with Gasteiger partial charge in [0.05, 0.1) is 0 Å². The fraction of sp³-hybridized carbons (Fsp3) is 0.231. The minimum Gasteiger partial charge on any atom is -0.229 e. The normalized spacial score (nSPS) is 15.8. The molecule has 0 bridgehead atoms. The number of hydrogen-bond donors (Lipinski definition) is 0. The van der Waals surface area contributed by atoms with Crippen molar-refractivity contribution in [3.63, 3.8) is 0 Å². The second kappa shape index (κ2) is 3.74. The first-order valence-corrected chi connectivity index (χ1v) is 5.09. The first kappa shape index (κ1) is 11.9. The van der Waals surface area contributed by atoms with E-state index >= 15 is 0 Å². The molecule has 1 unspecified atom stereocenters. The van der Waals surface area contributed by atoms with E-state index < -0.39 is 11.8 Å². The van der Waals surface area contributed by atoms with Crippen molar-refractivity contribution >= 4 is 10.8 Å². The van der Waals surface area contributed by atoms with Gasteiger partial charge in [-0.25, -0.2) is 4.39 Å². The molecule has 4 heteroatoms. The fourth-order valence-corrected chi connectivity index (χ4v) is 1.79. The SMILES string of the molecule is CC(F)(c1cccc2ccccc12)C([O])(F)F. The van der Waals surface area contributed by atoms with E-state index in [1.165, 1.54) is 18.2 Å². The summed E-state index contributed by atoms with van der Waals surface area (Å²) in [5.41, 5.74) is -3.51. The molecule has 0 spiro atoms. The lowest BCUT2D eigenvalue weighted by atomic mass is 9.91. The van der Waals surface area contributed by atoms with Crippen molar-refractivity contribution in [1.82, 2.24) is 0 Å². The minimum atomic E-state index is -4.67. The van der Waals surface area contributed by atoms with Crippen LogP contribution in [-0.2, 0) is 10.8 Å². The summed E-state index contributed by atoms with van der Waals surface area (Å²) in [5, 5.41) is 11.6. The molecule has 0 aliphatic carbocycles. The van der Waals surface area contributed by atoms with Crippen molar-refractivity contribution < 1.29 is 18.3 Å². The summed E-state index contributed by atoms with van der Waals surface area (Å²) in [5.74, 6) is 0. The van der Waals surface area contributed by atoms with Crippen molar-refractivity contribution in [2.24, 2.45) is 0 Å². The highest BCUT2D eigenvalue weighted by molar-refractivity contribution is 5.86. The van der Waals surface area contributed by atoms with Gasteiger partial charge in [-0.1, -0.05) is 42.5 Å². The van der Waals surface area contributed by atoms with Crippen molar-refractivity contribution in [1.29, 1.82) is 0 Å². The lowest BCUT2D eigenvalue weighted by Crippen LogP contribution is -2.37. The number of hydrogen-bond acceptors (Lipinski definition) is 0. The largest absolute Gasteiger partial charge is 0.418 e. The molecule has 0 aliphatic rings. The molecule has 1 atom stereocenters. The molecule has 0 saturated carbocycles. The molecular weight excluding hydrogens is 229 g/mol. The Balaban J connectivity index is 2.72. The second-order valence-corrected chi connectivity index (χ2v) is 4.05. The second-order valence-electron chi connectivity index (χ2n) is 4.05. The zero-order valence-corrected chi connectivity index (χ0v) is 9.08. The molecule has 17 heavy (non-hydrogen) atoms.